The predicted octanol–water partition coefficient (Wildman–Crippen LogP) is 6.18. The highest BCUT2D eigenvalue weighted by molar-refractivity contribution is 6.32. The molecule has 1 aliphatic rings. The number of alkyl halides is 3. The predicted molar refractivity (Wildman–Crippen MR) is 114 cm³/mol. The number of carboxylic acid groups (broad SMARTS) is 1. The zero-order valence-corrected chi connectivity index (χ0v) is 18.1. The molecule has 1 fully saturated rings. The van der Waals surface area contributed by atoms with Gasteiger partial charge in [0.15, 0.2) is 0 Å². The number of rotatable bonds is 9. The highest BCUT2D eigenvalue weighted by Gasteiger charge is 2.45. The van der Waals surface area contributed by atoms with E-state index in [0.29, 0.717) is 12.4 Å². The van der Waals surface area contributed by atoms with E-state index in [1.165, 1.54) is 6.07 Å². The molecule has 1 saturated carbocycles. The molecule has 8 heteroatoms. The summed E-state index contributed by atoms with van der Waals surface area (Å²) in [4.78, 5) is 11.0. The van der Waals surface area contributed by atoms with Crippen molar-refractivity contribution in [3.63, 3.8) is 0 Å². The van der Waals surface area contributed by atoms with Gasteiger partial charge in [-0.1, -0.05) is 29.7 Å². The maximum atomic E-state index is 12.8. The maximum Gasteiger partial charge on any atom is 0.416 e. The molecule has 3 rings (SSSR count). The smallest absolute Gasteiger partial charge is 0.416 e. The van der Waals surface area contributed by atoms with Gasteiger partial charge in [-0.15, -0.1) is 5.92 Å². The Hall–Kier alpha value is -2.85. The van der Waals surface area contributed by atoms with Crippen molar-refractivity contribution >= 4 is 17.6 Å². The minimum absolute atomic E-state index is 0.0754. The molecule has 0 saturated heterocycles. The third kappa shape index (κ3) is 6.33. The SMILES string of the molecule is CC#CC(CC(=O)O)c1ccc(OCC2(COc3ccc(C(F)(F)F)cc3Cl)CC2)cc1. The first-order valence-corrected chi connectivity index (χ1v) is 10.4. The molecule has 1 aliphatic carbocycles. The van der Waals surface area contributed by atoms with Gasteiger partial charge >= 0.3 is 12.1 Å². The lowest BCUT2D eigenvalue weighted by atomic mass is 9.96. The Kier molecular flexibility index (Phi) is 7.25. The van der Waals surface area contributed by atoms with Crippen molar-refractivity contribution in [3.05, 3.63) is 58.6 Å². The van der Waals surface area contributed by atoms with Crippen LogP contribution < -0.4 is 9.47 Å². The molecule has 0 aromatic heterocycles. The average Bonchev–Trinajstić information content (AvgIpc) is 3.51. The highest BCUT2D eigenvalue weighted by Crippen LogP contribution is 2.47. The third-order valence-electron chi connectivity index (χ3n) is 5.27. The number of carbonyl (C=O) groups is 1. The molecule has 2 aromatic carbocycles. The monoisotopic (exact) mass is 466 g/mol. The molecule has 0 amide bonds. The fraction of sp³-hybridized carbons (Fsp3) is 0.375. The Morgan fingerprint density at radius 3 is 2.34 bits per heavy atom. The fourth-order valence-corrected chi connectivity index (χ4v) is 3.40. The van der Waals surface area contributed by atoms with Crippen LogP contribution in [-0.4, -0.2) is 24.3 Å². The Morgan fingerprint density at radius 2 is 1.81 bits per heavy atom. The number of aliphatic carboxylic acids is 1. The molecule has 0 aliphatic heterocycles. The van der Waals surface area contributed by atoms with Crippen LogP contribution in [0, 0.1) is 17.3 Å². The van der Waals surface area contributed by atoms with Gasteiger partial charge in [-0.25, -0.2) is 0 Å². The molecule has 170 valence electrons. The molecule has 1 N–H and O–H groups in total. The van der Waals surface area contributed by atoms with Gasteiger partial charge in [-0.2, -0.15) is 13.2 Å². The molecule has 1 atom stereocenters. The summed E-state index contributed by atoms with van der Waals surface area (Å²) < 4.78 is 49.8. The van der Waals surface area contributed by atoms with Crippen molar-refractivity contribution in [1.82, 2.24) is 0 Å². The van der Waals surface area contributed by atoms with Crippen molar-refractivity contribution in [1.29, 1.82) is 0 Å². The first-order chi connectivity index (χ1) is 15.1. The molecule has 0 radical (unpaired) electrons. The Morgan fingerprint density at radius 1 is 1.16 bits per heavy atom. The van der Waals surface area contributed by atoms with E-state index in [0.717, 1.165) is 30.5 Å². The number of carboxylic acids is 1. The van der Waals surface area contributed by atoms with Crippen LogP contribution in [0.3, 0.4) is 0 Å². The van der Waals surface area contributed by atoms with Crippen molar-refractivity contribution in [3.8, 4) is 23.3 Å². The van der Waals surface area contributed by atoms with Crippen LogP contribution in [0.4, 0.5) is 13.2 Å². The van der Waals surface area contributed by atoms with Gasteiger partial charge in [-0.3, -0.25) is 4.79 Å². The van der Waals surface area contributed by atoms with E-state index in [-0.39, 0.29) is 35.1 Å². The van der Waals surface area contributed by atoms with E-state index in [1.807, 2.05) is 0 Å². The lowest BCUT2D eigenvalue weighted by Crippen LogP contribution is -2.21. The maximum absolute atomic E-state index is 12.8. The van der Waals surface area contributed by atoms with Gasteiger partial charge in [0, 0.05) is 5.41 Å². The molecule has 0 bridgehead atoms. The van der Waals surface area contributed by atoms with Crippen LogP contribution in [0.25, 0.3) is 0 Å². The zero-order chi connectivity index (χ0) is 23.4. The number of ether oxygens (including phenoxy) is 2. The van der Waals surface area contributed by atoms with E-state index >= 15 is 0 Å². The minimum atomic E-state index is -4.46. The normalized spacial score (nSPS) is 15.3. The second-order valence-corrected chi connectivity index (χ2v) is 8.24. The lowest BCUT2D eigenvalue weighted by molar-refractivity contribution is -0.138. The highest BCUT2D eigenvalue weighted by atomic mass is 35.5. The van der Waals surface area contributed by atoms with E-state index in [4.69, 9.17) is 26.2 Å². The second-order valence-electron chi connectivity index (χ2n) is 7.83. The molecular weight excluding hydrogens is 445 g/mol. The molecule has 2 aromatic rings. The molecular formula is C24H22ClF3O4. The van der Waals surface area contributed by atoms with Crippen LogP contribution in [0.1, 0.15) is 43.2 Å². The largest absolute Gasteiger partial charge is 0.493 e. The van der Waals surface area contributed by atoms with Gasteiger partial charge in [0.1, 0.15) is 11.5 Å². The molecule has 0 heterocycles. The third-order valence-corrected chi connectivity index (χ3v) is 5.57. The van der Waals surface area contributed by atoms with Crippen LogP contribution in [0.5, 0.6) is 11.5 Å². The summed E-state index contributed by atoms with van der Waals surface area (Å²) in [5, 5.41) is 8.96. The Labute approximate surface area is 189 Å². The van der Waals surface area contributed by atoms with Crippen LogP contribution in [-0.2, 0) is 11.0 Å². The Balaban J connectivity index is 1.56. The van der Waals surface area contributed by atoms with Gasteiger partial charge in [-0.05, 0) is 55.7 Å². The van der Waals surface area contributed by atoms with Gasteiger partial charge in [0.2, 0.25) is 0 Å². The molecule has 4 nitrogen and oxygen atoms in total. The fourth-order valence-electron chi connectivity index (χ4n) is 3.17. The lowest BCUT2D eigenvalue weighted by Gasteiger charge is -2.18. The number of hydrogen-bond acceptors (Lipinski definition) is 3. The first kappa shape index (κ1) is 23.8. The summed E-state index contributed by atoms with van der Waals surface area (Å²) in [5.74, 6) is 5.20. The Bertz CT molecular complexity index is 1020. The standard InChI is InChI=1S/C24H22ClF3O4/c1-2-3-17(12-22(29)30)16-4-7-19(8-5-16)31-14-23(10-11-23)15-32-21-9-6-18(13-20(21)25)24(26,27)28/h4-9,13,17H,10-12,14-15H2,1H3,(H,29,30). The van der Waals surface area contributed by atoms with Crippen LogP contribution in [0.2, 0.25) is 5.02 Å². The summed E-state index contributed by atoms with van der Waals surface area (Å²) in [7, 11) is 0. The minimum Gasteiger partial charge on any atom is -0.493 e. The summed E-state index contributed by atoms with van der Waals surface area (Å²) in [6, 6.07) is 10.2. The number of benzene rings is 2. The summed E-state index contributed by atoms with van der Waals surface area (Å²) >= 11 is 5.95. The van der Waals surface area contributed by atoms with E-state index < -0.39 is 17.7 Å². The van der Waals surface area contributed by atoms with Crippen molar-refractivity contribution < 1.29 is 32.5 Å². The van der Waals surface area contributed by atoms with Crippen molar-refractivity contribution in [2.45, 2.75) is 38.3 Å². The van der Waals surface area contributed by atoms with Gasteiger partial charge < -0.3 is 14.6 Å². The first-order valence-electron chi connectivity index (χ1n) is 9.98. The number of hydrogen-bond donors (Lipinski definition) is 1. The van der Waals surface area contributed by atoms with Crippen LogP contribution >= 0.6 is 11.6 Å². The topological polar surface area (TPSA) is 55.8 Å². The quantitative estimate of drug-likeness (QED) is 0.448. The van der Waals surface area contributed by atoms with Crippen molar-refractivity contribution in [2.75, 3.05) is 13.2 Å². The van der Waals surface area contributed by atoms with Gasteiger partial charge in [0.25, 0.3) is 0 Å². The zero-order valence-electron chi connectivity index (χ0n) is 17.3. The van der Waals surface area contributed by atoms with Gasteiger partial charge in [0.05, 0.1) is 36.1 Å². The van der Waals surface area contributed by atoms with E-state index in [9.17, 15) is 18.0 Å². The van der Waals surface area contributed by atoms with E-state index in [2.05, 4.69) is 11.8 Å². The summed E-state index contributed by atoms with van der Waals surface area (Å²) in [6.45, 7) is 2.34. The summed E-state index contributed by atoms with van der Waals surface area (Å²) in [5.41, 5.74) is -0.238. The van der Waals surface area contributed by atoms with Crippen LogP contribution in [0.15, 0.2) is 42.5 Å². The van der Waals surface area contributed by atoms with E-state index in [1.54, 1.807) is 31.2 Å². The second kappa shape index (κ2) is 9.74. The molecule has 32 heavy (non-hydrogen) atoms. The molecule has 0 spiro atoms. The average molecular weight is 467 g/mol. The number of halogens is 4. The summed E-state index contributed by atoms with van der Waals surface area (Å²) in [6.07, 6.45) is -2.79. The molecule has 1 unspecified atom stereocenters. The van der Waals surface area contributed by atoms with Crippen molar-refractivity contribution in [2.24, 2.45) is 5.41 Å².